The molecule has 0 spiro atoms. The van der Waals surface area contributed by atoms with E-state index in [4.69, 9.17) is 0 Å². The van der Waals surface area contributed by atoms with Crippen molar-refractivity contribution in [3.05, 3.63) is 60.3 Å². The molecule has 0 aliphatic heterocycles. The standard InChI is InChI=1S/C15H17NS/c1-13(17-15-9-5-6-12-16-15)10-11-14-7-3-2-4-8-14/h2-9,12-13H,10-11H2,1H3. The first kappa shape index (κ1) is 12.2. The first-order valence-electron chi connectivity index (χ1n) is 5.96. The Morgan fingerprint density at radius 2 is 1.82 bits per heavy atom. The van der Waals surface area contributed by atoms with Gasteiger partial charge in [-0.15, -0.1) is 11.8 Å². The second kappa shape index (κ2) is 6.45. The molecule has 0 saturated carbocycles. The van der Waals surface area contributed by atoms with E-state index in [0.717, 1.165) is 11.4 Å². The zero-order valence-electron chi connectivity index (χ0n) is 10.0. The molecule has 88 valence electrons. The molecule has 17 heavy (non-hydrogen) atoms. The van der Waals surface area contributed by atoms with E-state index in [9.17, 15) is 0 Å². The van der Waals surface area contributed by atoms with Gasteiger partial charge in [0, 0.05) is 11.4 Å². The number of thioether (sulfide) groups is 1. The first-order chi connectivity index (χ1) is 8.34. The average molecular weight is 243 g/mol. The van der Waals surface area contributed by atoms with Crippen molar-refractivity contribution in [2.45, 2.75) is 30.0 Å². The van der Waals surface area contributed by atoms with Crippen LogP contribution in [0, 0.1) is 0 Å². The van der Waals surface area contributed by atoms with Gasteiger partial charge < -0.3 is 0 Å². The predicted molar refractivity (Wildman–Crippen MR) is 74.3 cm³/mol. The van der Waals surface area contributed by atoms with Gasteiger partial charge in [0.2, 0.25) is 0 Å². The highest BCUT2D eigenvalue weighted by Crippen LogP contribution is 2.23. The maximum Gasteiger partial charge on any atom is 0.0962 e. The smallest absolute Gasteiger partial charge is 0.0962 e. The third-order valence-electron chi connectivity index (χ3n) is 2.64. The third-order valence-corrected chi connectivity index (χ3v) is 3.76. The molecule has 0 aliphatic rings. The summed E-state index contributed by atoms with van der Waals surface area (Å²) in [4.78, 5) is 4.34. The van der Waals surface area contributed by atoms with Crippen molar-refractivity contribution in [1.29, 1.82) is 0 Å². The fourth-order valence-corrected chi connectivity index (χ4v) is 2.62. The molecule has 0 aliphatic carbocycles. The predicted octanol–water partition coefficient (Wildman–Crippen LogP) is 4.20. The number of hydrogen-bond acceptors (Lipinski definition) is 2. The lowest BCUT2D eigenvalue weighted by atomic mass is 10.1. The van der Waals surface area contributed by atoms with E-state index in [1.165, 1.54) is 12.0 Å². The van der Waals surface area contributed by atoms with Crippen molar-refractivity contribution < 1.29 is 0 Å². The van der Waals surface area contributed by atoms with Crippen LogP contribution in [0.1, 0.15) is 18.9 Å². The lowest BCUT2D eigenvalue weighted by molar-refractivity contribution is 0.809. The summed E-state index contributed by atoms with van der Waals surface area (Å²) in [6.07, 6.45) is 4.18. The molecule has 2 aromatic rings. The van der Waals surface area contributed by atoms with E-state index in [0.29, 0.717) is 5.25 Å². The molecule has 0 saturated heterocycles. The number of aromatic nitrogens is 1. The van der Waals surface area contributed by atoms with E-state index in [2.05, 4.69) is 48.3 Å². The zero-order chi connectivity index (χ0) is 11.9. The molecular weight excluding hydrogens is 226 g/mol. The van der Waals surface area contributed by atoms with Crippen molar-refractivity contribution in [3.8, 4) is 0 Å². The van der Waals surface area contributed by atoms with Gasteiger partial charge in [-0.05, 0) is 30.5 Å². The fraction of sp³-hybridized carbons (Fsp3) is 0.267. The molecule has 1 aromatic heterocycles. The van der Waals surface area contributed by atoms with Crippen molar-refractivity contribution in [3.63, 3.8) is 0 Å². The molecule has 2 heteroatoms. The number of rotatable bonds is 5. The molecule has 0 radical (unpaired) electrons. The van der Waals surface area contributed by atoms with E-state index in [1.54, 1.807) is 0 Å². The topological polar surface area (TPSA) is 12.9 Å². The fourth-order valence-electron chi connectivity index (χ4n) is 1.70. The van der Waals surface area contributed by atoms with Crippen LogP contribution in [0.5, 0.6) is 0 Å². The Balaban J connectivity index is 1.80. The summed E-state index contributed by atoms with van der Waals surface area (Å²) in [5.74, 6) is 0. The van der Waals surface area contributed by atoms with E-state index < -0.39 is 0 Å². The normalized spacial score (nSPS) is 12.3. The van der Waals surface area contributed by atoms with Crippen LogP contribution >= 0.6 is 11.8 Å². The van der Waals surface area contributed by atoms with Gasteiger partial charge in [-0.3, -0.25) is 0 Å². The minimum Gasteiger partial charge on any atom is -0.250 e. The summed E-state index contributed by atoms with van der Waals surface area (Å²) in [5, 5.41) is 1.72. The Hall–Kier alpha value is -1.28. The Bertz CT molecular complexity index is 427. The van der Waals surface area contributed by atoms with Gasteiger partial charge in [0.05, 0.1) is 5.03 Å². The molecule has 0 amide bonds. The van der Waals surface area contributed by atoms with Crippen molar-refractivity contribution in [2.24, 2.45) is 0 Å². The quantitative estimate of drug-likeness (QED) is 0.730. The summed E-state index contributed by atoms with van der Waals surface area (Å²) in [6.45, 7) is 2.27. The van der Waals surface area contributed by atoms with Gasteiger partial charge in [0.1, 0.15) is 0 Å². The molecule has 1 unspecified atom stereocenters. The van der Waals surface area contributed by atoms with E-state index in [-0.39, 0.29) is 0 Å². The van der Waals surface area contributed by atoms with Crippen LogP contribution in [0.15, 0.2) is 59.8 Å². The van der Waals surface area contributed by atoms with Gasteiger partial charge >= 0.3 is 0 Å². The number of benzene rings is 1. The Labute approximate surface area is 107 Å². The maximum atomic E-state index is 4.34. The van der Waals surface area contributed by atoms with Crippen LogP contribution in [0.25, 0.3) is 0 Å². The van der Waals surface area contributed by atoms with Crippen molar-refractivity contribution in [2.75, 3.05) is 0 Å². The van der Waals surface area contributed by atoms with Crippen LogP contribution in [-0.2, 0) is 6.42 Å². The SMILES string of the molecule is CC(CCc1ccccc1)Sc1ccccn1. The van der Waals surface area contributed by atoms with Crippen LogP contribution in [-0.4, -0.2) is 10.2 Å². The van der Waals surface area contributed by atoms with E-state index in [1.807, 2.05) is 30.1 Å². The Kier molecular flexibility index (Phi) is 4.63. The highest BCUT2D eigenvalue weighted by atomic mass is 32.2. The minimum atomic E-state index is 0.602. The van der Waals surface area contributed by atoms with Crippen molar-refractivity contribution in [1.82, 2.24) is 4.98 Å². The second-order valence-electron chi connectivity index (χ2n) is 4.12. The Morgan fingerprint density at radius 3 is 2.53 bits per heavy atom. The second-order valence-corrected chi connectivity index (χ2v) is 5.58. The molecule has 1 nitrogen and oxygen atoms in total. The molecule has 0 fully saturated rings. The number of nitrogens with zero attached hydrogens (tertiary/aromatic N) is 1. The van der Waals surface area contributed by atoms with Gasteiger partial charge in [0.25, 0.3) is 0 Å². The van der Waals surface area contributed by atoms with Gasteiger partial charge in [0.15, 0.2) is 0 Å². The summed E-state index contributed by atoms with van der Waals surface area (Å²) in [6, 6.07) is 16.7. The van der Waals surface area contributed by atoms with Crippen molar-refractivity contribution >= 4 is 11.8 Å². The number of hydrogen-bond donors (Lipinski definition) is 0. The summed E-state index contributed by atoms with van der Waals surface area (Å²) in [7, 11) is 0. The molecular formula is C15H17NS. The zero-order valence-corrected chi connectivity index (χ0v) is 10.9. The Morgan fingerprint density at radius 1 is 1.06 bits per heavy atom. The molecule has 0 bridgehead atoms. The van der Waals surface area contributed by atoms with Crippen LogP contribution < -0.4 is 0 Å². The van der Waals surface area contributed by atoms with Crippen LogP contribution in [0.2, 0.25) is 0 Å². The van der Waals surface area contributed by atoms with Crippen LogP contribution in [0.3, 0.4) is 0 Å². The number of aryl methyl sites for hydroxylation is 1. The minimum absolute atomic E-state index is 0.602. The molecule has 0 N–H and O–H groups in total. The van der Waals surface area contributed by atoms with Crippen LogP contribution in [0.4, 0.5) is 0 Å². The van der Waals surface area contributed by atoms with E-state index >= 15 is 0 Å². The third kappa shape index (κ3) is 4.23. The largest absolute Gasteiger partial charge is 0.250 e. The lowest BCUT2D eigenvalue weighted by Gasteiger charge is -2.10. The number of pyridine rings is 1. The monoisotopic (exact) mass is 243 g/mol. The highest BCUT2D eigenvalue weighted by Gasteiger charge is 2.05. The molecule has 1 atom stereocenters. The average Bonchev–Trinajstić information content (AvgIpc) is 2.39. The summed E-state index contributed by atoms with van der Waals surface area (Å²) < 4.78 is 0. The lowest BCUT2D eigenvalue weighted by Crippen LogP contribution is -1.99. The molecule has 1 aromatic carbocycles. The summed E-state index contributed by atoms with van der Waals surface area (Å²) in [5.41, 5.74) is 1.42. The van der Waals surface area contributed by atoms with Gasteiger partial charge in [-0.25, -0.2) is 4.98 Å². The van der Waals surface area contributed by atoms with Gasteiger partial charge in [-0.1, -0.05) is 43.3 Å². The first-order valence-corrected chi connectivity index (χ1v) is 6.84. The summed E-state index contributed by atoms with van der Waals surface area (Å²) >= 11 is 1.85. The molecule has 1 heterocycles. The molecule has 2 rings (SSSR count). The highest BCUT2D eigenvalue weighted by molar-refractivity contribution is 7.99. The maximum absolute atomic E-state index is 4.34. The van der Waals surface area contributed by atoms with Gasteiger partial charge in [-0.2, -0.15) is 0 Å².